The number of benzene rings is 1. The average Bonchev–Trinajstić information content (AvgIpc) is 2.28. The number of hydrogen-bond donors (Lipinski definition) is 1. The van der Waals surface area contributed by atoms with Gasteiger partial charge >= 0.3 is 6.18 Å². The van der Waals surface area contributed by atoms with E-state index in [9.17, 15) is 18.3 Å². The van der Waals surface area contributed by atoms with E-state index in [0.29, 0.717) is 5.56 Å². The summed E-state index contributed by atoms with van der Waals surface area (Å²) in [5.74, 6) is -0.0669. The maximum Gasteiger partial charge on any atom is 0.433 e. The smallest absolute Gasteiger partial charge is 0.433 e. The summed E-state index contributed by atoms with van der Waals surface area (Å²) in [6.45, 7) is 0. The van der Waals surface area contributed by atoms with Gasteiger partial charge in [0.2, 0.25) is 0 Å². The first-order valence-electron chi connectivity index (χ1n) is 4.91. The summed E-state index contributed by atoms with van der Waals surface area (Å²) >= 11 is 5.82. The van der Waals surface area contributed by atoms with Gasteiger partial charge in [-0.1, -0.05) is 23.7 Å². The van der Waals surface area contributed by atoms with Gasteiger partial charge in [-0.25, -0.2) is 4.98 Å². The van der Waals surface area contributed by atoms with Gasteiger partial charge in [0, 0.05) is 5.56 Å². The van der Waals surface area contributed by atoms with E-state index in [4.69, 9.17) is 11.6 Å². The summed E-state index contributed by atoms with van der Waals surface area (Å²) in [5, 5.41) is 9.39. The van der Waals surface area contributed by atoms with E-state index in [2.05, 4.69) is 4.98 Å². The Kier molecular flexibility index (Phi) is 3.17. The summed E-state index contributed by atoms with van der Waals surface area (Å²) in [6.07, 6.45) is -4.53. The van der Waals surface area contributed by atoms with Crippen molar-refractivity contribution >= 4 is 11.6 Å². The van der Waals surface area contributed by atoms with E-state index in [0.717, 1.165) is 12.1 Å². The molecule has 2 aromatic rings. The molecule has 1 aromatic carbocycles. The Morgan fingerprint density at radius 3 is 2.44 bits per heavy atom. The number of phenolic OH excluding ortho intramolecular Hbond substituents is 1. The first kappa shape index (κ1) is 12.7. The fourth-order valence-corrected chi connectivity index (χ4v) is 1.67. The van der Waals surface area contributed by atoms with E-state index in [-0.39, 0.29) is 16.5 Å². The third-order valence-electron chi connectivity index (χ3n) is 2.26. The minimum atomic E-state index is -4.53. The molecule has 0 saturated carbocycles. The van der Waals surface area contributed by atoms with Crippen molar-refractivity contribution in [3.05, 3.63) is 47.1 Å². The van der Waals surface area contributed by atoms with Crippen LogP contribution in [0.25, 0.3) is 11.3 Å². The highest BCUT2D eigenvalue weighted by molar-refractivity contribution is 6.33. The van der Waals surface area contributed by atoms with Crippen molar-refractivity contribution in [2.24, 2.45) is 0 Å². The summed E-state index contributed by atoms with van der Waals surface area (Å²) < 4.78 is 37.6. The number of rotatable bonds is 1. The van der Waals surface area contributed by atoms with Crippen LogP contribution < -0.4 is 0 Å². The summed E-state index contributed by atoms with van der Waals surface area (Å²) in [6, 6.07) is 7.68. The van der Waals surface area contributed by atoms with Gasteiger partial charge in [-0.3, -0.25) is 0 Å². The molecule has 0 fully saturated rings. The van der Waals surface area contributed by atoms with Crippen LogP contribution in [-0.4, -0.2) is 10.1 Å². The molecular weight excluding hydrogens is 267 g/mol. The summed E-state index contributed by atoms with van der Waals surface area (Å²) in [4.78, 5) is 3.49. The maximum atomic E-state index is 12.5. The van der Waals surface area contributed by atoms with Crippen molar-refractivity contribution < 1.29 is 18.3 Å². The Morgan fingerprint density at radius 1 is 1.11 bits per heavy atom. The molecule has 0 atom stereocenters. The first-order chi connectivity index (χ1) is 8.38. The first-order valence-corrected chi connectivity index (χ1v) is 5.29. The van der Waals surface area contributed by atoms with Gasteiger partial charge in [-0.2, -0.15) is 13.2 Å². The van der Waals surface area contributed by atoms with Gasteiger partial charge in [0.25, 0.3) is 0 Å². The minimum Gasteiger partial charge on any atom is -0.508 e. The predicted octanol–water partition coefficient (Wildman–Crippen LogP) is 4.13. The lowest BCUT2D eigenvalue weighted by Gasteiger charge is -2.09. The molecule has 2 nitrogen and oxygen atoms in total. The quantitative estimate of drug-likeness (QED) is 0.847. The van der Waals surface area contributed by atoms with E-state index < -0.39 is 11.9 Å². The molecule has 0 saturated heterocycles. The lowest BCUT2D eigenvalue weighted by atomic mass is 10.1. The Hall–Kier alpha value is -1.75. The van der Waals surface area contributed by atoms with E-state index in [1.54, 1.807) is 0 Å². The van der Waals surface area contributed by atoms with Gasteiger partial charge in [0.1, 0.15) is 11.4 Å². The Balaban J connectivity index is 2.57. The van der Waals surface area contributed by atoms with E-state index in [1.165, 1.54) is 24.3 Å². The van der Waals surface area contributed by atoms with Gasteiger partial charge in [0.05, 0.1) is 10.7 Å². The van der Waals surface area contributed by atoms with Crippen LogP contribution in [0.2, 0.25) is 5.02 Å². The number of phenols is 1. The Labute approximate surface area is 106 Å². The van der Waals surface area contributed by atoms with Crippen molar-refractivity contribution in [3.8, 4) is 17.0 Å². The van der Waals surface area contributed by atoms with Gasteiger partial charge < -0.3 is 5.11 Å². The molecule has 0 aliphatic rings. The van der Waals surface area contributed by atoms with Crippen LogP contribution in [0.5, 0.6) is 5.75 Å². The standard InChI is InChI=1S/C12H7ClF3NO/c13-9-4-5-10(12(14,15)16)17-11(9)7-2-1-3-8(18)6-7/h1-6,18H. The van der Waals surface area contributed by atoms with Crippen LogP contribution >= 0.6 is 11.6 Å². The molecule has 0 bridgehead atoms. The third kappa shape index (κ3) is 2.56. The van der Waals surface area contributed by atoms with Crippen molar-refractivity contribution in [2.75, 3.05) is 0 Å². The molecule has 94 valence electrons. The lowest BCUT2D eigenvalue weighted by Crippen LogP contribution is -2.08. The van der Waals surface area contributed by atoms with Crippen LogP contribution in [0.3, 0.4) is 0 Å². The number of nitrogens with zero attached hydrogens (tertiary/aromatic N) is 1. The zero-order chi connectivity index (χ0) is 13.3. The molecule has 0 aliphatic carbocycles. The fraction of sp³-hybridized carbons (Fsp3) is 0.0833. The minimum absolute atomic E-state index is 0.0117. The average molecular weight is 274 g/mol. The molecule has 1 N–H and O–H groups in total. The third-order valence-corrected chi connectivity index (χ3v) is 2.56. The largest absolute Gasteiger partial charge is 0.508 e. The van der Waals surface area contributed by atoms with Gasteiger partial charge in [-0.05, 0) is 24.3 Å². The number of aromatic hydroxyl groups is 1. The second kappa shape index (κ2) is 4.49. The number of aromatic nitrogens is 1. The van der Waals surface area contributed by atoms with Crippen LogP contribution in [0.4, 0.5) is 13.2 Å². The topological polar surface area (TPSA) is 33.1 Å². The Bertz CT molecular complexity index is 584. The number of halogens is 4. The van der Waals surface area contributed by atoms with Crippen LogP contribution in [0.15, 0.2) is 36.4 Å². The second-order valence-corrected chi connectivity index (χ2v) is 3.98. The van der Waals surface area contributed by atoms with Gasteiger partial charge in [0.15, 0.2) is 0 Å². The number of pyridine rings is 1. The molecule has 0 aliphatic heterocycles. The lowest BCUT2D eigenvalue weighted by molar-refractivity contribution is -0.141. The zero-order valence-corrected chi connectivity index (χ0v) is 9.63. The molecule has 6 heteroatoms. The SMILES string of the molecule is Oc1cccc(-c2nc(C(F)(F)F)ccc2Cl)c1. The van der Waals surface area contributed by atoms with Crippen molar-refractivity contribution in [2.45, 2.75) is 6.18 Å². The molecule has 1 aromatic heterocycles. The van der Waals surface area contributed by atoms with Crippen molar-refractivity contribution in [1.29, 1.82) is 0 Å². The molecular formula is C12H7ClF3NO. The van der Waals surface area contributed by atoms with Crippen LogP contribution in [0, 0.1) is 0 Å². The second-order valence-electron chi connectivity index (χ2n) is 3.58. The fourth-order valence-electron chi connectivity index (χ4n) is 1.46. The molecule has 18 heavy (non-hydrogen) atoms. The molecule has 1 heterocycles. The molecule has 2 rings (SSSR count). The molecule has 0 radical (unpaired) electrons. The molecule has 0 unspecified atom stereocenters. The molecule has 0 spiro atoms. The maximum absolute atomic E-state index is 12.5. The highest BCUT2D eigenvalue weighted by Crippen LogP contribution is 2.33. The summed E-state index contributed by atoms with van der Waals surface area (Å²) in [5.41, 5.74) is -0.710. The van der Waals surface area contributed by atoms with E-state index >= 15 is 0 Å². The predicted molar refractivity (Wildman–Crippen MR) is 61.3 cm³/mol. The van der Waals surface area contributed by atoms with E-state index in [1.807, 2.05) is 0 Å². The van der Waals surface area contributed by atoms with Gasteiger partial charge in [-0.15, -0.1) is 0 Å². The number of hydrogen-bond acceptors (Lipinski definition) is 2. The van der Waals surface area contributed by atoms with Crippen molar-refractivity contribution in [1.82, 2.24) is 4.98 Å². The van der Waals surface area contributed by atoms with Crippen molar-refractivity contribution in [3.63, 3.8) is 0 Å². The highest BCUT2D eigenvalue weighted by atomic mass is 35.5. The monoisotopic (exact) mass is 273 g/mol. The molecule has 0 amide bonds. The normalized spacial score (nSPS) is 11.6. The summed E-state index contributed by atoms with van der Waals surface area (Å²) in [7, 11) is 0. The zero-order valence-electron chi connectivity index (χ0n) is 8.87. The Morgan fingerprint density at radius 2 is 1.83 bits per heavy atom. The van der Waals surface area contributed by atoms with Crippen LogP contribution in [-0.2, 0) is 6.18 Å². The number of alkyl halides is 3. The highest BCUT2D eigenvalue weighted by Gasteiger charge is 2.33. The van der Waals surface area contributed by atoms with Crippen LogP contribution in [0.1, 0.15) is 5.69 Å².